The summed E-state index contributed by atoms with van der Waals surface area (Å²) in [6, 6.07) is 16.7. The maximum atomic E-state index is 13.5. The Hall–Kier alpha value is -3.19. The fourth-order valence-electron chi connectivity index (χ4n) is 4.38. The summed E-state index contributed by atoms with van der Waals surface area (Å²) in [5.41, 5.74) is 2.03. The van der Waals surface area contributed by atoms with Gasteiger partial charge in [-0.2, -0.15) is 0 Å². The first-order valence-electron chi connectivity index (χ1n) is 11.7. The minimum Gasteiger partial charge on any atom is -0.325 e. The Labute approximate surface area is 204 Å². The molecule has 6 nitrogen and oxygen atoms in total. The molecule has 1 aromatic heterocycles. The second-order valence-electron chi connectivity index (χ2n) is 8.61. The molecule has 1 saturated carbocycles. The Morgan fingerprint density at radius 1 is 1.12 bits per heavy atom. The van der Waals surface area contributed by atoms with Crippen LogP contribution >= 0.6 is 11.8 Å². The van der Waals surface area contributed by atoms with E-state index < -0.39 is 5.25 Å². The molecule has 0 aliphatic heterocycles. The molecule has 1 fully saturated rings. The zero-order valence-electron chi connectivity index (χ0n) is 19.4. The van der Waals surface area contributed by atoms with Gasteiger partial charge < -0.3 is 9.88 Å². The number of rotatable bonds is 9. The first-order valence-corrected chi connectivity index (χ1v) is 12.6. The van der Waals surface area contributed by atoms with Crippen molar-refractivity contribution in [2.24, 2.45) is 0 Å². The number of hydrogen-bond donors (Lipinski definition) is 1. The lowest BCUT2D eigenvalue weighted by Crippen LogP contribution is -2.20. The van der Waals surface area contributed by atoms with Gasteiger partial charge in [0.15, 0.2) is 10.9 Å². The molecule has 0 bridgehead atoms. The van der Waals surface area contributed by atoms with Gasteiger partial charge in [0.25, 0.3) is 0 Å². The van der Waals surface area contributed by atoms with E-state index in [1.54, 1.807) is 24.3 Å². The SMILES string of the molecule is C=CCn1c(SC(C(=O)Nc2cccc(C(C)=O)c2)c2ccccc2)nnc1C1CCCCC1. The number of nitrogens with one attached hydrogen (secondary N) is 1. The summed E-state index contributed by atoms with van der Waals surface area (Å²) in [7, 11) is 0. The molecule has 176 valence electrons. The first-order chi connectivity index (χ1) is 16.6. The molecule has 1 atom stereocenters. The molecule has 0 spiro atoms. The molecule has 1 N–H and O–H groups in total. The number of hydrogen-bond acceptors (Lipinski definition) is 5. The predicted octanol–water partition coefficient (Wildman–Crippen LogP) is 6.19. The second kappa shape index (κ2) is 11.3. The molecule has 7 heteroatoms. The Morgan fingerprint density at radius 3 is 2.59 bits per heavy atom. The Kier molecular flexibility index (Phi) is 7.95. The highest BCUT2D eigenvalue weighted by molar-refractivity contribution is 8.00. The van der Waals surface area contributed by atoms with Crippen LogP contribution in [0.4, 0.5) is 5.69 Å². The Bertz CT molecular complexity index is 1150. The van der Waals surface area contributed by atoms with Crippen molar-refractivity contribution in [3.8, 4) is 0 Å². The summed E-state index contributed by atoms with van der Waals surface area (Å²) in [4.78, 5) is 25.3. The molecule has 3 aromatic rings. The number of carbonyl (C=O) groups excluding carboxylic acids is 2. The molecule has 1 aliphatic carbocycles. The Morgan fingerprint density at radius 2 is 1.88 bits per heavy atom. The fraction of sp³-hybridized carbons (Fsp3) is 0.333. The number of carbonyl (C=O) groups is 2. The van der Waals surface area contributed by atoms with Crippen LogP contribution in [0.25, 0.3) is 0 Å². The number of amides is 1. The van der Waals surface area contributed by atoms with Gasteiger partial charge in [0.2, 0.25) is 5.91 Å². The number of ketones is 1. The van der Waals surface area contributed by atoms with Crippen molar-refractivity contribution in [2.75, 3.05) is 5.32 Å². The molecule has 1 amide bonds. The van der Waals surface area contributed by atoms with Crippen molar-refractivity contribution in [1.29, 1.82) is 0 Å². The van der Waals surface area contributed by atoms with E-state index >= 15 is 0 Å². The summed E-state index contributed by atoms with van der Waals surface area (Å²) in [5, 5.41) is 12.2. The number of benzene rings is 2. The molecule has 1 unspecified atom stereocenters. The molecular formula is C27H30N4O2S. The highest BCUT2D eigenvalue weighted by atomic mass is 32.2. The summed E-state index contributed by atoms with van der Waals surface area (Å²) in [6.45, 7) is 6.04. The summed E-state index contributed by atoms with van der Waals surface area (Å²) in [5.74, 6) is 1.17. The predicted molar refractivity (Wildman–Crippen MR) is 136 cm³/mol. The van der Waals surface area contributed by atoms with Crippen LogP contribution in [0, 0.1) is 0 Å². The van der Waals surface area contributed by atoms with Crippen LogP contribution in [0.1, 0.15) is 71.9 Å². The average molecular weight is 475 g/mol. The monoisotopic (exact) mass is 474 g/mol. The third-order valence-corrected chi connectivity index (χ3v) is 7.36. The van der Waals surface area contributed by atoms with Crippen molar-refractivity contribution in [3.63, 3.8) is 0 Å². The number of allylic oxidation sites excluding steroid dienone is 1. The highest BCUT2D eigenvalue weighted by Crippen LogP contribution is 2.38. The summed E-state index contributed by atoms with van der Waals surface area (Å²) < 4.78 is 2.10. The van der Waals surface area contributed by atoms with Crippen LogP contribution in [-0.4, -0.2) is 26.5 Å². The van der Waals surface area contributed by atoms with Crippen LogP contribution < -0.4 is 5.32 Å². The van der Waals surface area contributed by atoms with Crippen LogP contribution in [-0.2, 0) is 11.3 Å². The third-order valence-electron chi connectivity index (χ3n) is 6.13. The van der Waals surface area contributed by atoms with Crippen molar-refractivity contribution in [3.05, 3.63) is 84.2 Å². The van der Waals surface area contributed by atoms with Gasteiger partial charge in [-0.15, -0.1) is 16.8 Å². The van der Waals surface area contributed by atoms with Gasteiger partial charge in [-0.05, 0) is 37.5 Å². The molecular weight excluding hydrogens is 444 g/mol. The largest absolute Gasteiger partial charge is 0.325 e. The minimum atomic E-state index is -0.533. The number of thioether (sulfide) groups is 1. The smallest absolute Gasteiger partial charge is 0.242 e. The van der Waals surface area contributed by atoms with Crippen LogP contribution in [0.5, 0.6) is 0 Å². The van der Waals surface area contributed by atoms with Crippen molar-refractivity contribution in [2.45, 2.75) is 61.9 Å². The van der Waals surface area contributed by atoms with Crippen molar-refractivity contribution in [1.82, 2.24) is 14.8 Å². The normalized spacial score (nSPS) is 15.0. The van der Waals surface area contributed by atoms with Gasteiger partial charge in [-0.1, -0.05) is 79.6 Å². The standard InChI is InChI=1S/C27H30N4O2S/c1-3-17-31-25(21-13-8-5-9-14-21)29-30-27(31)34-24(20-11-6-4-7-12-20)26(33)28-23-16-10-15-22(18-23)19(2)32/h3-4,6-7,10-12,15-16,18,21,24H,1,5,8-9,13-14,17H2,2H3,(H,28,33). The number of anilines is 1. The fourth-order valence-corrected chi connectivity index (χ4v) is 5.43. The van der Waals surface area contributed by atoms with Crippen LogP contribution in [0.15, 0.2) is 72.4 Å². The molecule has 4 rings (SSSR count). The lowest BCUT2D eigenvalue weighted by Gasteiger charge is -2.22. The average Bonchev–Trinajstić information content (AvgIpc) is 3.26. The van der Waals surface area contributed by atoms with Gasteiger partial charge in [-0.25, -0.2) is 0 Å². The maximum Gasteiger partial charge on any atom is 0.242 e. The van der Waals surface area contributed by atoms with E-state index in [1.165, 1.54) is 37.9 Å². The van der Waals surface area contributed by atoms with E-state index in [2.05, 4.69) is 26.7 Å². The molecule has 0 saturated heterocycles. The second-order valence-corrected chi connectivity index (χ2v) is 9.68. The van der Waals surface area contributed by atoms with Gasteiger partial charge in [0.1, 0.15) is 11.1 Å². The number of aromatic nitrogens is 3. The molecule has 34 heavy (non-hydrogen) atoms. The van der Waals surface area contributed by atoms with E-state index in [1.807, 2.05) is 36.4 Å². The van der Waals surface area contributed by atoms with Crippen molar-refractivity contribution < 1.29 is 9.59 Å². The molecule has 1 heterocycles. The van der Waals surface area contributed by atoms with Crippen molar-refractivity contribution >= 4 is 29.1 Å². The minimum absolute atomic E-state index is 0.0437. The van der Waals surface area contributed by atoms with Gasteiger partial charge in [-0.3, -0.25) is 9.59 Å². The summed E-state index contributed by atoms with van der Waals surface area (Å²) in [6.07, 6.45) is 7.79. The number of Topliss-reactive ketones (excluding diaryl/α,β-unsaturated/α-hetero) is 1. The van der Waals surface area contributed by atoms with E-state index in [9.17, 15) is 9.59 Å². The van der Waals surface area contributed by atoms with Crippen LogP contribution in [0.3, 0.4) is 0 Å². The molecule has 1 aliphatic rings. The Balaban J connectivity index is 1.63. The lowest BCUT2D eigenvalue weighted by molar-refractivity contribution is -0.115. The highest BCUT2D eigenvalue weighted by Gasteiger charge is 2.28. The number of nitrogens with zero attached hydrogens (tertiary/aromatic N) is 3. The van der Waals surface area contributed by atoms with E-state index in [0.29, 0.717) is 28.9 Å². The lowest BCUT2D eigenvalue weighted by atomic mass is 9.89. The van der Waals surface area contributed by atoms with Gasteiger partial charge >= 0.3 is 0 Å². The molecule has 2 aromatic carbocycles. The summed E-state index contributed by atoms with van der Waals surface area (Å²) >= 11 is 1.39. The van der Waals surface area contributed by atoms with E-state index in [-0.39, 0.29) is 11.7 Å². The first kappa shape index (κ1) is 24.0. The maximum absolute atomic E-state index is 13.5. The van der Waals surface area contributed by atoms with Gasteiger partial charge in [0.05, 0.1) is 0 Å². The third kappa shape index (κ3) is 5.65. The van der Waals surface area contributed by atoms with E-state index in [0.717, 1.165) is 24.2 Å². The zero-order valence-corrected chi connectivity index (χ0v) is 20.3. The molecule has 0 radical (unpaired) electrons. The zero-order chi connectivity index (χ0) is 23.9. The van der Waals surface area contributed by atoms with E-state index in [4.69, 9.17) is 0 Å². The van der Waals surface area contributed by atoms with Gasteiger partial charge in [0, 0.05) is 23.7 Å². The quantitative estimate of drug-likeness (QED) is 0.227. The van der Waals surface area contributed by atoms with Crippen LogP contribution in [0.2, 0.25) is 0 Å². The topological polar surface area (TPSA) is 76.9 Å².